The summed E-state index contributed by atoms with van der Waals surface area (Å²) >= 11 is 0. The van der Waals surface area contributed by atoms with Crippen molar-refractivity contribution in [3.8, 4) is 0 Å². The van der Waals surface area contributed by atoms with Crippen LogP contribution in [0.5, 0.6) is 0 Å². The van der Waals surface area contributed by atoms with Gasteiger partial charge in [-0.3, -0.25) is 4.79 Å². The first-order chi connectivity index (χ1) is 9.28. The van der Waals surface area contributed by atoms with Crippen LogP contribution in [0.1, 0.15) is 0 Å². The third-order valence-electron chi connectivity index (χ3n) is 3.22. The minimum atomic E-state index is -3.15. The van der Waals surface area contributed by atoms with Crippen LogP contribution in [-0.4, -0.2) is 58.2 Å². The van der Waals surface area contributed by atoms with Crippen molar-refractivity contribution in [2.75, 3.05) is 13.3 Å². The molecule has 0 aromatic rings. The first-order valence-electron chi connectivity index (χ1n) is 5.65. The van der Waals surface area contributed by atoms with Crippen LogP contribution in [0.4, 0.5) is 13.2 Å². The highest BCUT2D eigenvalue weighted by Crippen LogP contribution is 2.44. The minimum Gasteiger partial charge on any atom is -0.390 e. The average Bonchev–Trinajstić information content (AvgIpc) is 2.62. The van der Waals surface area contributed by atoms with Crippen molar-refractivity contribution >= 4 is 5.91 Å². The monoisotopic (exact) mass is 294 g/mol. The van der Waals surface area contributed by atoms with Crippen molar-refractivity contribution in [3.05, 3.63) is 24.7 Å². The molecule has 2 rings (SSSR count). The van der Waals surface area contributed by atoms with E-state index in [9.17, 15) is 23.1 Å². The standard InChI is InChI=1S/C11H13F3N2O4/c1-6-15-7(18)2-3-16(6)9-10(13,4-12)8(19)11(14,5-17)20-9/h2-3,8-9,17,19H,1,4-5H2,(H,15,18)/t8-,9+,10+,11+/m0/s1. The van der Waals surface area contributed by atoms with E-state index in [0.29, 0.717) is 0 Å². The van der Waals surface area contributed by atoms with E-state index in [-0.39, 0.29) is 5.82 Å². The van der Waals surface area contributed by atoms with E-state index >= 15 is 0 Å². The fourth-order valence-electron chi connectivity index (χ4n) is 2.10. The van der Waals surface area contributed by atoms with Gasteiger partial charge in [-0.05, 0) is 0 Å². The molecule has 9 heteroatoms. The zero-order valence-corrected chi connectivity index (χ0v) is 10.2. The van der Waals surface area contributed by atoms with Crippen molar-refractivity contribution in [1.29, 1.82) is 0 Å². The number of hydrogen-bond donors (Lipinski definition) is 3. The second-order valence-electron chi connectivity index (χ2n) is 4.54. The molecule has 4 atom stereocenters. The Morgan fingerprint density at radius 3 is 2.70 bits per heavy atom. The third kappa shape index (κ3) is 1.98. The molecule has 1 fully saturated rings. The first-order valence-corrected chi connectivity index (χ1v) is 5.65. The van der Waals surface area contributed by atoms with Crippen LogP contribution >= 0.6 is 0 Å². The SMILES string of the molecule is C=C1NC(=O)C=CN1[C@@H]1O[C@](F)(CO)[C@@H](O)[C@]1(F)CF. The molecule has 0 aromatic carbocycles. The zero-order valence-electron chi connectivity index (χ0n) is 10.2. The van der Waals surface area contributed by atoms with Gasteiger partial charge >= 0.3 is 0 Å². The minimum absolute atomic E-state index is 0.174. The second kappa shape index (κ2) is 4.76. The van der Waals surface area contributed by atoms with E-state index in [2.05, 4.69) is 16.6 Å². The van der Waals surface area contributed by atoms with Crippen LogP contribution in [-0.2, 0) is 9.53 Å². The summed E-state index contributed by atoms with van der Waals surface area (Å²) in [5.74, 6) is -3.88. The molecular weight excluding hydrogens is 281 g/mol. The van der Waals surface area contributed by atoms with E-state index in [1.807, 2.05) is 0 Å². The molecule has 1 amide bonds. The molecule has 112 valence electrons. The number of carbonyl (C=O) groups excluding carboxylic acids is 1. The summed E-state index contributed by atoms with van der Waals surface area (Å²) < 4.78 is 46.2. The van der Waals surface area contributed by atoms with Crippen molar-refractivity contribution < 1.29 is 32.9 Å². The lowest BCUT2D eigenvalue weighted by molar-refractivity contribution is -0.210. The maximum atomic E-state index is 14.5. The van der Waals surface area contributed by atoms with Crippen molar-refractivity contribution in [2.45, 2.75) is 23.9 Å². The Hall–Kier alpha value is -1.58. The van der Waals surface area contributed by atoms with E-state index in [1.54, 1.807) is 0 Å². The highest BCUT2D eigenvalue weighted by molar-refractivity contribution is 5.89. The smallest absolute Gasteiger partial charge is 0.264 e. The highest BCUT2D eigenvalue weighted by atomic mass is 19.2. The molecule has 0 radical (unpaired) electrons. The molecule has 2 heterocycles. The Balaban J connectivity index is 2.38. The van der Waals surface area contributed by atoms with E-state index in [4.69, 9.17) is 5.11 Å². The number of halogens is 3. The normalized spacial score (nSPS) is 41.1. The van der Waals surface area contributed by atoms with Crippen molar-refractivity contribution in [1.82, 2.24) is 10.2 Å². The van der Waals surface area contributed by atoms with Crippen molar-refractivity contribution in [3.63, 3.8) is 0 Å². The predicted molar refractivity (Wildman–Crippen MR) is 59.9 cm³/mol. The molecule has 0 aliphatic carbocycles. The number of aliphatic hydroxyl groups is 2. The van der Waals surface area contributed by atoms with Crippen LogP contribution in [0.25, 0.3) is 0 Å². The van der Waals surface area contributed by atoms with Crippen LogP contribution in [0.2, 0.25) is 0 Å². The van der Waals surface area contributed by atoms with Gasteiger partial charge in [0.1, 0.15) is 19.1 Å². The predicted octanol–water partition coefficient (Wildman–Crippen LogP) is -0.544. The van der Waals surface area contributed by atoms with Gasteiger partial charge in [0, 0.05) is 12.3 Å². The summed E-state index contributed by atoms with van der Waals surface area (Å²) in [5.41, 5.74) is -3.13. The number of nitrogens with zero attached hydrogens (tertiary/aromatic N) is 1. The van der Waals surface area contributed by atoms with Crippen LogP contribution in [0.3, 0.4) is 0 Å². The Morgan fingerprint density at radius 1 is 1.55 bits per heavy atom. The fraction of sp³-hybridized carbons (Fsp3) is 0.545. The summed E-state index contributed by atoms with van der Waals surface area (Å²) in [5, 5.41) is 20.6. The molecule has 0 unspecified atom stereocenters. The number of nitrogens with one attached hydrogen (secondary N) is 1. The number of alkyl halides is 3. The lowest BCUT2D eigenvalue weighted by Crippen LogP contribution is -2.55. The van der Waals surface area contributed by atoms with Gasteiger partial charge in [-0.2, -0.15) is 0 Å². The Labute approximate surface area is 112 Å². The largest absolute Gasteiger partial charge is 0.390 e. The van der Waals surface area contributed by atoms with Gasteiger partial charge in [0.05, 0.1) is 0 Å². The summed E-state index contributed by atoms with van der Waals surface area (Å²) in [6.45, 7) is 0.288. The third-order valence-corrected chi connectivity index (χ3v) is 3.22. The van der Waals surface area contributed by atoms with Crippen molar-refractivity contribution in [2.24, 2.45) is 0 Å². The van der Waals surface area contributed by atoms with Crippen LogP contribution in [0, 0.1) is 0 Å². The Morgan fingerprint density at radius 2 is 2.20 bits per heavy atom. The molecule has 1 saturated heterocycles. The number of rotatable bonds is 3. The van der Waals surface area contributed by atoms with Gasteiger partial charge in [-0.25, -0.2) is 13.2 Å². The maximum Gasteiger partial charge on any atom is 0.264 e. The Kier molecular flexibility index (Phi) is 3.53. The molecule has 0 spiro atoms. The van der Waals surface area contributed by atoms with Crippen LogP contribution in [0.15, 0.2) is 24.7 Å². The van der Waals surface area contributed by atoms with Gasteiger partial charge in [-0.15, -0.1) is 0 Å². The first kappa shape index (κ1) is 14.8. The average molecular weight is 294 g/mol. The summed E-state index contributed by atoms with van der Waals surface area (Å²) in [4.78, 5) is 11.9. The topological polar surface area (TPSA) is 82.0 Å². The lowest BCUT2D eigenvalue weighted by atomic mass is 9.96. The Bertz CT molecular complexity index is 475. The molecule has 20 heavy (non-hydrogen) atoms. The molecule has 2 aliphatic heterocycles. The molecule has 0 bridgehead atoms. The van der Waals surface area contributed by atoms with E-state index < -0.39 is 43.0 Å². The van der Waals surface area contributed by atoms with Gasteiger partial charge in [0.2, 0.25) is 5.67 Å². The summed E-state index contributed by atoms with van der Waals surface area (Å²) in [6.07, 6.45) is -2.47. The van der Waals surface area contributed by atoms with Gasteiger partial charge in [0.25, 0.3) is 11.8 Å². The highest BCUT2D eigenvalue weighted by Gasteiger charge is 2.67. The maximum absolute atomic E-state index is 14.5. The van der Waals surface area contributed by atoms with E-state index in [0.717, 1.165) is 17.2 Å². The molecule has 6 nitrogen and oxygen atoms in total. The van der Waals surface area contributed by atoms with Gasteiger partial charge < -0.3 is 25.2 Å². The quantitative estimate of drug-likeness (QED) is 0.651. The van der Waals surface area contributed by atoms with Gasteiger partial charge in [0.15, 0.2) is 12.3 Å². The molecule has 0 saturated carbocycles. The lowest BCUT2D eigenvalue weighted by Gasteiger charge is -2.35. The van der Waals surface area contributed by atoms with E-state index in [1.165, 1.54) is 0 Å². The number of aliphatic hydroxyl groups excluding tert-OH is 2. The summed E-state index contributed by atoms with van der Waals surface area (Å²) in [7, 11) is 0. The van der Waals surface area contributed by atoms with Crippen LogP contribution < -0.4 is 5.32 Å². The zero-order chi connectivity index (χ0) is 15.1. The number of carbonyl (C=O) groups is 1. The molecule has 2 aliphatic rings. The molecule has 3 N–H and O–H groups in total. The number of hydrogen-bond acceptors (Lipinski definition) is 5. The van der Waals surface area contributed by atoms with Gasteiger partial charge in [-0.1, -0.05) is 6.58 Å². The molecule has 0 aromatic heterocycles. The number of ether oxygens (including phenoxy) is 1. The second-order valence-corrected chi connectivity index (χ2v) is 4.54. The number of amides is 1. The fourth-order valence-corrected chi connectivity index (χ4v) is 2.10. The summed E-state index contributed by atoms with van der Waals surface area (Å²) in [6, 6.07) is 0. The molecular formula is C11H13F3N2O4.